The van der Waals surface area contributed by atoms with E-state index in [1.54, 1.807) is 0 Å². The van der Waals surface area contributed by atoms with Crippen LogP contribution in [0.3, 0.4) is 0 Å². The van der Waals surface area contributed by atoms with E-state index in [0.29, 0.717) is 12.6 Å². The van der Waals surface area contributed by atoms with Gasteiger partial charge in [0.1, 0.15) is 0 Å². The summed E-state index contributed by atoms with van der Waals surface area (Å²) in [7, 11) is 0. The van der Waals surface area contributed by atoms with Crippen LogP contribution in [0.15, 0.2) is 42.6 Å². The summed E-state index contributed by atoms with van der Waals surface area (Å²) in [5, 5.41) is 19.6. The van der Waals surface area contributed by atoms with E-state index in [9.17, 15) is 9.90 Å². The number of hydrogen-bond donors (Lipinski definition) is 3. The van der Waals surface area contributed by atoms with Crippen LogP contribution in [-0.2, 0) is 6.54 Å². The minimum Gasteiger partial charge on any atom is -0.394 e. The van der Waals surface area contributed by atoms with Crippen LogP contribution >= 0.6 is 0 Å². The minimum atomic E-state index is -0.415. The number of aliphatic hydroxyl groups is 1. The second-order valence-corrected chi connectivity index (χ2v) is 6.20. The first-order chi connectivity index (χ1) is 11.8. The molecule has 0 aliphatic heterocycles. The van der Waals surface area contributed by atoms with E-state index in [1.807, 2.05) is 47.3 Å². The Labute approximate surface area is 141 Å². The van der Waals surface area contributed by atoms with Gasteiger partial charge in [-0.25, -0.2) is 4.79 Å². The van der Waals surface area contributed by atoms with Gasteiger partial charge in [-0.15, -0.1) is 0 Å². The molecule has 0 saturated heterocycles. The first-order valence-electron chi connectivity index (χ1n) is 8.50. The van der Waals surface area contributed by atoms with Crippen molar-refractivity contribution in [3.8, 4) is 0 Å². The van der Waals surface area contributed by atoms with Crippen molar-refractivity contribution in [1.82, 2.24) is 20.4 Å². The molecule has 6 heteroatoms. The van der Waals surface area contributed by atoms with E-state index in [0.717, 1.165) is 11.3 Å². The topological polar surface area (TPSA) is 79.2 Å². The fourth-order valence-electron chi connectivity index (χ4n) is 3.14. The molecule has 1 aromatic heterocycles. The number of carbonyl (C=O) groups excluding carboxylic acids is 1. The number of nitrogens with zero attached hydrogens (tertiary/aromatic N) is 2. The standard InChI is InChI=1S/C18H24N4O2/c23-13-17(14-6-2-1-3-7-14)20-18(24)19-12-15-10-11-22(21-15)16-8-4-5-9-16/h1-3,6-7,10-11,16-17,23H,4-5,8-9,12-13H2,(H2,19,20,24). The fraction of sp³-hybridized carbons (Fsp3) is 0.444. The van der Waals surface area contributed by atoms with Gasteiger partial charge in [-0.1, -0.05) is 43.2 Å². The summed E-state index contributed by atoms with van der Waals surface area (Å²) in [4.78, 5) is 12.1. The van der Waals surface area contributed by atoms with Crippen LogP contribution in [0, 0.1) is 0 Å². The van der Waals surface area contributed by atoms with Crippen molar-refractivity contribution in [3.63, 3.8) is 0 Å². The van der Waals surface area contributed by atoms with E-state index in [1.165, 1.54) is 25.7 Å². The predicted molar refractivity (Wildman–Crippen MR) is 91.4 cm³/mol. The van der Waals surface area contributed by atoms with Crippen molar-refractivity contribution in [2.75, 3.05) is 6.61 Å². The lowest BCUT2D eigenvalue weighted by molar-refractivity contribution is 0.216. The third-order valence-electron chi connectivity index (χ3n) is 4.48. The fourth-order valence-corrected chi connectivity index (χ4v) is 3.14. The smallest absolute Gasteiger partial charge is 0.315 e. The molecule has 1 heterocycles. The summed E-state index contributed by atoms with van der Waals surface area (Å²) in [6, 6.07) is 11.1. The van der Waals surface area contributed by atoms with Crippen molar-refractivity contribution < 1.29 is 9.90 Å². The Kier molecular flexibility index (Phi) is 5.48. The molecule has 1 saturated carbocycles. The van der Waals surface area contributed by atoms with Crippen LogP contribution in [0.25, 0.3) is 0 Å². The van der Waals surface area contributed by atoms with Crippen molar-refractivity contribution in [2.24, 2.45) is 0 Å². The molecule has 3 N–H and O–H groups in total. The third-order valence-corrected chi connectivity index (χ3v) is 4.48. The van der Waals surface area contributed by atoms with Crippen LogP contribution < -0.4 is 10.6 Å². The van der Waals surface area contributed by atoms with Gasteiger partial charge in [0.05, 0.1) is 30.9 Å². The van der Waals surface area contributed by atoms with Gasteiger partial charge >= 0.3 is 6.03 Å². The number of rotatable bonds is 6. The van der Waals surface area contributed by atoms with Crippen LogP contribution in [0.4, 0.5) is 4.79 Å². The Bertz CT molecular complexity index is 650. The zero-order chi connectivity index (χ0) is 16.8. The molecule has 1 aromatic carbocycles. The average molecular weight is 328 g/mol. The lowest BCUT2D eigenvalue weighted by Gasteiger charge is -2.17. The Hall–Kier alpha value is -2.34. The highest BCUT2D eigenvalue weighted by atomic mass is 16.3. The van der Waals surface area contributed by atoms with Crippen molar-refractivity contribution in [1.29, 1.82) is 0 Å². The number of carbonyl (C=O) groups is 1. The maximum absolute atomic E-state index is 12.1. The Morgan fingerprint density at radius 1 is 1.25 bits per heavy atom. The SMILES string of the molecule is O=C(NCc1ccn(C2CCCC2)n1)NC(CO)c1ccccc1. The zero-order valence-electron chi connectivity index (χ0n) is 13.7. The van der Waals surface area contributed by atoms with Gasteiger partial charge in [-0.05, 0) is 24.5 Å². The maximum atomic E-state index is 12.1. The molecule has 1 fully saturated rings. The average Bonchev–Trinajstić information content (AvgIpc) is 3.29. The Morgan fingerprint density at radius 3 is 2.71 bits per heavy atom. The Balaban J connectivity index is 1.50. The van der Waals surface area contributed by atoms with Crippen molar-refractivity contribution in [3.05, 3.63) is 53.9 Å². The molecule has 128 valence electrons. The first-order valence-corrected chi connectivity index (χ1v) is 8.50. The highest BCUT2D eigenvalue weighted by Crippen LogP contribution is 2.28. The molecular formula is C18H24N4O2. The minimum absolute atomic E-state index is 0.145. The van der Waals surface area contributed by atoms with Gasteiger partial charge in [0, 0.05) is 6.20 Å². The summed E-state index contributed by atoms with van der Waals surface area (Å²) in [6.07, 6.45) is 6.89. The van der Waals surface area contributed by atoms with Crippen LogP contribution in [0.5, 0.6) is 0 Å². The number of aromatic nitrogens is 2. The van der Waals surface area contributed by atoms with E-state index in [2.05, 4.69) is 15.7 Å². The van der Waals surface area contributed by atoms with E-state index < -0.39 is 6.04 Å². The van der Waals surface area contributed by atoms with Crippen molar-refractivity contribution in [2.45, 2.75) is 44.3 Å². The van der Waals surface area contributed by atoms with Gasteiger partial charge < -0.3 is 15.7 Å². The molecule has 1 atom stereocenters. The summed E-state index contributed by atoms with van der Waals surface area (Å²) in [5.41, 5.74) is 1.72. The predicted octanol–water partition coefficient (Wildman–Crippen LogP) is 2.53. The van der Waals surface area contributed by atoms with Crippen LogP contribution in [0.1, 0.15) is 49.0 Å². The van der Waals surface area contributed by atoms with E-state index in [-0.39, 0.29) is 12.6 Å². The normalized spacial score (nSPS) is 16.0. The molecule has 2 amide bonds. The number of urea groups is 1. The third kappa shape index (κ3) is 4.14. The number of hydrogen-bond acceptors (Lipinski definition) is 3. The molecule has 0 bridgehead atoms. The van der Waals surface area contributed by atoms with Crippen molar-refractivity contribution >= 4 is 6.03 Å². The summed E-state index contributed by atoms with van der Waals surface area (Å²) >= 11 is 0. The molecule has 1 aliphatic carbocycles. The maximum Gasteiger partial charge on any atom is 0.315 e. The first kappa shape index (κ1) is 16.5. The molecular weight excluding hydrogens is 304 g/mol. The molecule has 0 radical (unpaired) electrons. The van der Waals surface area contributed by atoms with Gasteiger partial charge in [-0.2, -0.15) is 5.10 Å². The quantitative estimate of drug-likeness (QED) is 0.762. The zero-order valence-corrected chi connectivity index (χ0v) is 13.7. The summed E-state index contributed by atoms with van der Waals surface area (Å²) in [6.45, 7) is 0.228. The summed E-state index contributed by atoms with van der Waals surface area (Å²) < 4.78 is 2.02. The number of nitrogens with one attached hydrogen (secondary N) is 2. The second-order valence-electron chi connectivity index (χ2n) is 6.20. The Morgan fingerprint density at radius 2 is 2.00 bits per heavy atom. The number of amides is 2. The van der Waals surface area contributed by atoms with E-state index in [4.69, 9.17) is 0 Å². The molecule has 1 unspecified atom stereocenters. The molecule has 24 heavy (non-hydrogen) atoms. The number of benzene rings is 1. The monoisotopic (exact) mass is 328 g/mol. The summed E-state index contributed by atoms with van der Waals surface area (Å²) in [5.74, 6) is 0. The van der Waals surface area contributed by atoms with E-state index >= 15 is 0 Å². The van der Waals surface area contributed by atoms with Crippen LogP contribution in [0.2, 0.25) is 0 Å². The van der Waals surface area contributed by atoms with Gasteiger partial charge in [0.2, 0.25) is 0 Å². The highest BCUT2D eigenvalue weighted by Gasteiger charge is 2.18. The van der Waals surface area contributed by atoms with Crippen LogP contribution in [-0.4, -0.2) is 27.5 Å². The molecule has 6 nitrogen and oxygen atoms in total. The molecule has 1 aliphatic rings. The van der Waals surface area contributed by atoms with Gasteiger partial charge in [0.25, 0.3) is 0 Å². The van der Waals surface area contributed by atoms with Gasteiger partial charge in [-0.3, -0.25) is 4.68 Å². The molecule has 3 rings (SSSR count). The largest absolute Gasteiger partial charge is 0.394 e. The second kappa shape index (κ2) is 7.97. The molecule has 2 aromatic rings. The molecule has 0 spiro atoms. The highest BCUT2D eigenvalue weighted by molar-refractivity contribution is 5.74. The number of aliphatic hydroxyl groups excluding tert-OH is 1. The van der Waals surface area contributed by atoms with Gasteiger partial charge in [0.15, 0.2) is 0 Å². The lowest BCUT2D eigenvalue weighted by atomic mass is 10.1. The lowest BCUT2D eigenvalue weighted by Crippen LogP contribution is -2.39.